The van der Waals surface area contributed by atoms with Crippen molar-refractivity contribution < 1.29 is 4.42 Å². The van der Waals surface area contributed by atoms with Crippen LogP contribution in [0.2, 0.25) is 0 Å². The summed E-state index contributed by atoms with van der Waals surface area (Å²) in [5.41, 5.74) is 1.84. The molecule has 3 aromatic rings. The summed E-state index contributed by atoms with van der Waals surface area (Å²) in [6, 6.07) is 16.5. The van der Waals surface area contributed by atoms with Crippen molar-refractivity contribution in [2.24, 2.45) is 0 Å². The van der Waals surface area contributed by atoms with Gasteiger partial charge in [0, 0.05) is 16.8 Å². The largest absolute Gasteiger partial charge is 0.465 e. The van der Waals surface area contributed by atoms with E-state index in [1.165, 1.54) is 10.8 Å². The average Bonchev–Trinajstić information content (AvgIpc) is 2.93. The van der Waals surface area contributed by atoms with E-state index in [0.717, 1.165) is 17.1 Å². The van der Waals surface area contributed by atoms with Gasteiger partial charge in [-0.15, -0.1) is 0 Å². The normalized spacial score (nSPS) is 15.8. The third-order valence-electron chi connectivity index (χ3n) is 3.69. The first-order valence-electron chi connectivity index (χ1n) is 6.38. The number of furan rings is 1. The Morgan fingerprint density at radius 1 is 0.895 bits per heavy atom. The van der Waals surface area contributed by atoms with Crippen LogP contribution in [0, 0.1) is 0 Å². The highest BCUT2D eigenvalue weighted by Crippen LogP contribution is 2.40. The third kappa shape index (κ3) is 1.45. The summed E-state index contributed by atoms with van der Waals surface area (Å²) in [5.74, 6) is 0.874. The van der Waals surface area contributed by atoms with Gasteiger partial charge in [-0.05, 0) is 36.6 Å². The van der Waals surface area contributed by atoms with Crippen LogP contribution in [0.1, 0.15) is 12.7 Å². The maximum absolute atomic E-state index is 5.56. The molecule has 1 aromatic heterocycles. The van der Waals surface area contributed by atoms with Crippen molar-refractivity contribution in [1.82, 2.24) is 0 Å². The van der Waals surface area contributed by atoms with Crippen LogP contribution in [0.3, 0.4) is 0 Å². The summed E-state index contributed by atoms with van der Waals surface area (Å²) < 4.78 is 5.56. The second-order valence-corrected chi connectivity index (χ2v) is 5.06. The molecule has 0 unspecified atom stereocenters. The van der Waals surface area contributed by atoms with Crippen LogP contribution in [-0.4, -0.2) is 0 Å². The van der Waals surface area contributed by atoms with Gasteiger partial charge in [0.25, 0.3) is 0 Å². The zero-order valence-electron chi connectivity index (χ0n) is 10.6. The fourth-order valence-corrected chi connectivity index (χ4v) is 2.81. The molecule has 0 amide bonds. The lowest BCUT2D eigenvalue weighted by atomic mass is 9.99. The summed E-state index contributed by atoms with van der Waals surface area (Å²) in [7, 11) is 0. The maximum atomic E-state index is 5.56. The molecular weight excluding hydrogens is 236 g/mol. The average molecular weight is 250 g/mol. The van der Waals surface area contributed by atoms with Crippen LogP contribution >= 0.6 is 0 Å². The first-order valence-corrected chi connectivity index (χ1v) is 6.38. The topological polar surface area (TPSA) is 37.2 Å². The van der Waals surface area contributed by atoms with Crippen molar-refractivity contribution in [3.05, 3.63) is 60.6 Å². The molecule has 3 heteroatoms. The lowest BCUT2D eigenvalue weighted by molar-refractivity contribution is 0.425. The molecule has 0 saturated carbocycles. The minimum absolute atomic E-state index is 0.424. The van der Waals surface area contributed by atoms with Gasteiger partial charge in [0.2, 0.25) is 0 Å². The van der Waals surface area contributed by atoms with Crippen molar-refractivity contribution in [3.8, 4) is 0 Å². The highest BCUT2D eigenvalue weighted by atomic mass is 16.3. The Bertz CT molecular complexity index is 706. The number of hydrogen-bond acceptors (Lipinski definition) is 3. The molecule has 1 aliphatic heterocycles. The molecule has 94 valence electrons. The van der Waals surface area contributed by atoms with E-state index < -0.39 is 5.66 Å². The molecule has 19 heavy (non-hydrogen) atoms. The van der Waals surface area contributed by atoms with E-state index in [1.807, 2.05) is 12.1 Å². The van der Waals surface area contributed by atoms with E-state index in [9.17, 15) is 0 Å². The first-order chi connectivity index (χ1) is 9.26. The Balaban J connectivity index is 1.94. The fourth-order valence-electron chi connectivity index (χ4n) is 2.81. The van der Waals surface area contributed by atoms with Crippen molar-refractivity contribution in [3.63, 3.8) is 0 Å². The second kappa shape index (κ2) is 3.54. The zero-order valence-corrected chi connectivity index (χ0v) is 10.6. The molecule has 0 radical (unpaired) electrons. The SMILES string of the molecule is CC1(c2ccco2)Nc2cccc3cccc(c23)N1. The summed E-state index contributed by atoms with van der Waals surface area (Å²) in [5, 5.41) is 9.53. The second-order valence-electron chi connectivity index (χ2n) is 5.06. The first kappa shape index (κ1) is 10.5. The lowest BCUT2D eigenvalue weighted by Gasteiger charge is -2.37. The number of anilines is 2. The van der Waals surface area contributed by atoms with Crippen molar-refractivity contribution in [2.45, 2.75) is 12.6 Å². The van der Waals surface area contributed by atoms with Gasteiger partial charge in [0.1, 0.15) is 5.76 Å². The standard InChI is InChI=1S/C16H14N2O/c1-16(14-9-4-10-19-14)17-12-7-2-5-11-6-3-8-13(18-16)15(11)12/h2-10,17-18H,1H3. The molecular formula is C16H14N2O. The molecule has 0 bridgehead atoms. The van der Waals surface area contributed by atoms with Crippen LogP contribution in [0.4, 0.5) is 11.4 Å². The minimum atomic E-state index is -0.424. The molecule has 4 rings (SSSR count). The predicted molar refractivity (Wildman–Crippen MR) is 77.3 cm³/mol. The monoisotopic (exact) mass is 250 g/mol. The summed E-state index contributed by atoms with van der Waals surface area (Å²) in [4.78, 5) is 0. The van der Waals surface area contributed by atoms with E-state index in [-0.39, 0.29) is 0 Å². The van der Waals surface area contributed by atoms with Crippen molar-refractivity contribution >= 4 is 22.1 Å². The molecule has 1 aliphatic rings. The van der Waals surface area contributed by atoms with Crippen LogP contribution in [0.15, 0.2) is 59.2 Å². The molecule has 2 N–H and O–H groups in total. The van der Waals surface area contributed by atoms with E-state index in [4.69, 9.17) is 4.42 Å². The summed E-state index contributed by atoms with van der Waals surface area (Å²) >= 11 is 0. The molecule has 0 atom stereocenters. The molecule has 0 saturated heterocycles. The van der Waals surface area contributed by atoms with Crippen molar-refractivity contribution in [2.75, 3.05) is 10.6 Å². The fraction of sp³-hybridized carbons (Fsp3) is 0.125. The molecule has 2 heterocycles. The molecule has 0 aliphatic carbocycles. The van der Waals surface area contributed by atoms with Gasteiger partial charge in [-0.3, -0.25) is 0 Å². The molecule has 0 fully saturated rings. The summed E-state index contributed by atoms with van der Waals surface area (Å²) in [6.45, 7) is 2.08. The van der Waals surface area contributed by atoms with E-state index in [2.05, 4.69) is 54.0 Å². The van der Waals surface area contributed by atoms with Gasteiger partial charge < -0.3 is 15.1 Å². The number of nitrogens with one attached hydrogen (secondary N) is 2. The van der Waals surface area contributed by atoms with Gasteiger partial charge in [-0.25, -0.2) is 0 Å². The van der Waals surface area contributed by atoms with Gasteiger partial charge in [0.05, 0.1) is 6.26 Å². The maximum Gasteiger partial charge on any atom is 0.165 e. The predicted octanol–water partition coefficient (Wildman–Crippen LogP) is 4.14. The Morgan fingerprint density at radius 2 is 1.58 bits per heavy atom. The lowest BCUT2D eigenvalue weighted by Crippen LogP contribution is -2.42. The van der Waals surface area contributed by atoms with Gasteiger partial charge in [-0.1, -0.05) is 24.3 Å². The Labute approximate surface area is 111 Å². The molecule has 0 spiro atoms. The third-order valence-corrected chi connectivity index (χ3v) is 3.69. The Hall–Kier alpha value is -2.42. The summed E-state index contributed by atoms with van der Waals surface area (Å²) in [6.07, 6.45) is 1.70. The van der Waals surface area contributed by atoms with Crippen LogP contribution in [0.25, 0.3) is 10.8 Å². The zero-order chi connectivity index (χ0) is 12.9. The Kier molecular flexibility index (Phi) is 1.96. The number of hydrogen-bond donors (Lipinski definition) is 2. The van der Waals surface area contributed by atoms with Crippen molar-refractivity contribution in [1.29, 1.82) is 0 Å². The van der Waals surface area contributed by atoms with E-state index >= 15 is 0 Å². The number of rotatable bonds is 1. The van der Waals surface area contributed by atoms with E-state index in [1.54, 1.807) is 6.26 Å². The Morgan fingerprint density at radius 3 is 2.16 bits per heavy atom. The minimum Gasteiger partial charge on any atom is -0.465 e. The number of benzene rings is 2. The van der Waals surface area contributed by atoms with Crippen LogP contribution < -0.4 is 10.6 Å². The highest BCUT2D eigenvalue weighted by Gasteiger charge is 2.33. The van der Waals surface area contributed by atoms with Crippen LogP contribution in [-0.2, 0) is 5.66 Å². The molecule has 3 nitrogen and oxygen atoms in total. The van der Waals surface area contributed by atoms with Gasteiger partial charge >= 0.3 is 0 Å². The quantitative estimate of drug-likeness (QED) is 0.681. The van der Waals surface area contributed by atoms with Gasteiger partial charge in [0.15, 0.2) is 5.66 Å². The van der Waals surface area contributed by atoms with Crippen LogP contribution in [0.5, 0.6) is 0 Å². The molecule has 2 aromatic carbocycles. The van der Waals surface area contributed by atoms with E-state index in [0.29, 0.717) is 0 Å². The highest BCUT2D eigenvalue weighted by molar-refractivity contribution is 6.05. The van der Waals surface area contributed by atoms with Gasteiger partial charge in [-0.2, -0.15) is 0 Å². The smallest absolute Gasteiger partial charge is 0.165 e.